The van der Waals surface area contributed by atoms with Crippen molar-refractivity contribution in [2.24, 2.45) is 5.92 Å². The molecule has 1 saturated carbocycles. The van der Waals surface area contributed by atoms with Gasteiger partial charge in [-0.1, -0.05) is 44.1 Å². The fraction of sp³-hybridized carbons (Fsp3) is 0.412. The van der Waals surface area contributed by atoms with E-state index in [0.29, 0.717) is 0 Å². The minimum atomic E-state index is 0.733. The van der Waals surface area contributed by atoms with Gasteiger partial charge in [-0.25, -0.2) is 0 Å². The van der Waals surface area contributed by atoms with Crippen LogP contribution in [0, 0.1) is 5.92 Å². The Hall–Kier alpha value is -1.30. The summed E-state index contributed by atoms with van der Waals surface area (Å²) < 4.78 is 0. The van der Waals surface area contributed by atoms with Crippen molar-refractivity contribution >= 4 is 0 Å². The summed E-state index contributed by atoms with van der Waals surface area (Å²) in [6.45, 7) is 4.35. The standard InChI is InChI=1S/C17H20/c1-13(14-7-3-2-4-8-14)17-11-15-9-5-6-10-16(15)12-17/h5,9-12,14H,1-4,6-8H2. The van der Waals surface area contributed by atoms with E-state index >= 15 is 0 Å². The third-order valence-electron chi connectivity index (χ3n) is 4.20. The van der Waals surface area contributed by atoms with Crippen LogP contribution in [0.25, 0.3) is 0 Å². The maximum Gasteiger partial charge on any atom is -0.0157 e. The summed E-state index contributed by atoms with van der Waals surface area (Å²) in [4.78, 5) is 0. The van der Waals surface area contributed by atoms with Crippen LogP contribution in [-0.4, -0.2) is 0 Å². The lowest BCUT2D eigenvalue weighted by molar-refractivity contribution is 0.407. The van der Waals surface area contributed by atoms with Gasteiger partial charge in [-0.15, -0.1) is 0 Å². The molecule has 0 spiro atoms. The first-order chi connectivity index (χ1) is 8.34. The van der Waals surface area contributed by atoms with E-state index in [1.54, 1.807) is 0 Å². The molecule has 0 aromatic carbocycles. The second-order valence-corrected chi connectivity index (χ2v) is 5.36. The minimum Gasteiger partial charge on any atom is -0.0950 e. The summed E-state index contributed by atoms with van der Waals surface area (Å²) >= 11 is 0. The van der Waals surface area contributed by atoms with Crippen molar-refractivity contribution < 1.29 is 0 Å². The van der Waals surface area contributed by atoms with E-state index in [-0.39, 0.29) is 0 Å². The van der Waals surface area contributed by atoms with Crippen LogP contribution in [0.5, 0.6) is 0 Å². The first-order valence-corrected chi connectivity index (χ1v) is 6.84. The Balaban J connectivity index is 1.79. The molecule has 3 aliphatic rings. The Kier molecular flexibility index (Phi) is 2.88. The monoisotopic (exact) mass is 224 g/mol. The van der Waals surface area contributed by atoms with Gasteiger partial charge < -0.3 is 0 Å². The molecule has 0 aromatic heterocycles. The fourth-order valence-corrected chi connectivity index (χ4v) is 3.13. The van der Waals surface area contributed by atoms with E-state index in [9.17, 15) is 0 Å². The highest BCUT2D eigenvalue weighted by molar-refractivity contribution is 5.63. The van der Waals surface area contributed by atoms with Crippen molar-refractivity contribution in [3.63, 3.8) is 0 Å². The van der Waals surface area contributed by atoms with Crippen LogP contribution in [-0.2, 0) is 0 Å². The lowest BCUT2D eigenvalue weighted by atomic mass is 9.82. The molecule has 3 rings (SSSR count). The summed E-state index contributed by atoms with van der Waals surface area (Å²) in [6.07, 6.45) is 19.4. The largest absolute Gasteiger partial charge is 0.0950 e. The van der Waals surface area contributed by atoms with Crippen LogP contribution in [0.4, 0.5) is 0 Å². The molecule has 3 aliphatic carbocycles. The summed E-state index contributed by atoms with van der Waals surface area (Å²) in [5.74, 6) is 0.733. The molecule has 0 radical (unpaired) electrons. The zero-order valence-corrected chi connectivity index (χ0v) is 10.4. The van der Waals surface area contributed by atoms with E-state index < -0.39 is 0 Å². The van der Waals surface area contributed by atoms with Gasteiger partial charge in [-0.2, -0.15) is 0 Å². The highest BCUT2D eigenvalue weighted by Crippen LogP contribution is 2.37. The van der Waals surface area contributed by atoms with Crippen molar-refractivity contribution in [1.29, 1.82) is 0 Å². The highest BCUT2D eigenvalue weighted by atomic mass is 14.3. The Labute approximate surface area is 104 Å². The van der Waals surface area contributed by atoms with E-state index in [1.165, 1.54) is 54.4 Å². The molecule has 0 nitrogen and oxygen atoms in total. The maximum atomic E-state index is 4.35. The second-order valence-electron chi connectivity index (χ2n) is 5.36. The molecule has 0 atom stereocenters. The molecule has 1 fully saturated rings. The first kappa shape index (κ1) is 10.8. The van der Waals surface area contributed by atoms with Gasteiger partial charge in [0.15, 0.2) is 0 Å². The van der Waals surface area contributed by atoms with Crippen molar-refractivity contribution in [1.82, 2.24) is 0 Å². The summed E-state index contributed by atoms with van der Waals surface area (Å²) in [5.41, 5.74) is 5.54. The van der Waals surface area contributed by atoms with Gasteiger partial charge in [-0.3, -0.25) is 0 Å². The maximum absolute atomic E-state index is 4.35. The molecule has 0 heterocycles. The molecule has 0 bridgehead atoms. The van der Waals surface area contributed by atoms with Crippen molar-refractivity contribution in [3.8, 4) is 0 Å². The number of hydrogen-bond acceptors (Lipinski definition) is 0. The average Bonchev–Trinajstić information content (AvgIpc) is 2.82. The molecular formula is C17H20. The van der Waals surface area contributed by atoms with Gasteiger partial charge in [0, 0.05) is 0 Å². The van der Waals surface area contributed by atoms with Crippen molar-refractivity contribution in [3.05, 3.63) is 59.3 Å². The van der Waals surface area contributed by atoms with Crippen molar-refractivity contribution in [2.75, 3.05) is 0 Å². The van der Waals surface area contributed by atoms with Gasteiger partial charge in [-0.05, 0) is 59.6 Å². The summed E-state index contributed by atoms with van der Waals surface area (Å²) in [7, 11) is 0. The number of fused-ring (bicyclic) bond motifs is 1. The SMILES string of the molecule is C=C(C1=CC2=CCC=CC2=C1)C1CCCCC1. The second kappa shape index (κ2) is 4.52. The predicted octanol–water partition coefficient (Wildman–Crippen LogP) is 4.88. The predicted molar refractivity (Wildman–Crippen MR) is 73.7 cm³/mol. The summed E-state index contributed by atoms with van der Waals surface area (Å²) in [6, 6.07) is 0. The van der Waals surface area contributed by atoms with Crippen LogP contribution in [0.2, 0.25) is 0 Å². The molecule has 88 valence electrons. The molecular weight excluding hydrogens is 204 g/mol. The van der Waals surface area contributed by atoms with Gasteiger partial charge in [0.25, 0.3) is 0 Å². The van der Waals surface area contributed by atoms with E-state index in [0.717, 1.165) is 12.3 Å². The Morgan fingerprint density at radius 3 is 2.65 bits per heavy atom. The normalized spacial score (nSPS) is 23.9. The van der Waals surface area contributed by atoms with Crippen LogP contribution < -0.4 is 0 Å². The zero-order valence-electron chi connectivity index (χ0n) is 10.4. The number of hydrogen-bond donors (Lipinski definition) is 0. The number of rotatable bonds is 2. The molecule has 0 heteroatoms. The molecule has 17 heavy (non-hydrogen) atoms. The third-order valence-corrected chi connectivity index (χ3v) is 4.20. The zero-order chi connectivity index (χ0) is 11.7. The lowest BCUT2D eigenvalue weighted by Gasteiger charge is -2.23. The molecule has 0 saturated heterocycles. The van der Waals surface area contributed by atoms with Crippen molar-refractivity contribution in [2.45, 2.75) is 38.5 Å². The molecule has 0 aliphatic heterocycles. The summed E-state index contributed by atoms with van der Waals surface area (Å²) in [5, 5.41) is 0. The van der Waals surface area contributed by atoms with E-state index in [1.807, 2.05) is 0 Å². The van der Waals surface area contributed by atoms with Gasteiger partial charge >= 0.3 is 0 Å². The fourth-order valence-electron chi connectivity index (χ4n) is 3.13. The van der Waals surface area contributed by atoms with Crippen LogP contribution in [0.3, 0.4) is 0 Å². The Morgan fingerprint density at radius 1 is 1.06 bits per heavy atom. The molecule has 0 aromatic rings. The average molecular weight is 224 g/mol. The van der Waals surface area contributed by atoms with Gasteiger partial charge in [0.2, 0.25) is 0 Å². The first-order valence-electron chi connectivity index (χ1n) is 6.84. The number of allylic oxidation sites excluding steroid dienone is 9. The van der Waals surface area contributed by atoms with Crippen LogP contribution in [0.15, 0.2) is 59.3 Å². The smallest absolute Gasteiger partial charge is 0.0157 e. The highest BCUT2D eigenvalue weighted by Gasteiger charge is 2.21. The molecule has 0 unspecified atom stereocenters. The van der Waals surface area contributed by atoms with Gasteiger partial charge in [0.05, 0.1) is 0 Å². The third kappa shape index (κ3) is 2.09. The van der Waals surface area contributed by atoms with Crippen LogP contribution >= 0.6 is 0 Å². The van der Waals surface area contributed by atoms with Gasteiger partial charge in [0.1, 0.15) is 0 Å². The molecule has 0 amide bonds. The Bertz CT molecular complexity index is 448. The molecule has 0 N–H and O–H groups in total. The Morgan fingerprint density at radius 2 is 1.88 bits per heavy atom. The topological polar surface area (TPSA) is 0 Å². The van der Waals surface area contributed by atoms with Crippen LogP contribution in [0.1, 0.15) is 38.5 Å². The van der Waals surface area contributed by atoms with E-state index in [2.05, 4.69) is 37.0 Å². The minimum absolute atomic E-state index is 0.733. The van der Waals surface area contributed by atoms with E-state index in [4.69, 9.17) is 0 Å². The quantitative estimate of drug-likeness (QED) is 0.627. The lowest BCUT2D eigenvalue weighted by Crippen LogP contribution is -2.09.